The van der Waals surface area contributed by atoms with Crippen LogP contribution in [-0.2, 0) is 27.3 Å². The van der Waals surface area contributed by atoms with Crippen LogP contribution in [-0.4, -0.2) is 53.6 Å². The van der Waals surface area contributed by atoms with Gasteiger partial charge in [-0.1, -0.05) is 37.5 Å². The number of carbonyl (C=O) groups is 3. The van der Waals surface area contributed by atoms with Crippen LogP contribution in [0.25, 0.3) is 22.2 Å². The number of ether oxygens (including phenoxy) is 4. The summed E-state index contributed by atoms with van der Waals surface area (Å²) in [5.41, 5.74) is 4.76. The highest BCUT2D eigenvalue weighted by molar-refractivity contribution is 6.06. The van der Waals surface area contributed by atoms with E-state index < -0.39 is 23.5 Å². The smallest absolute Gasteiger partial charge is 0.340 e. The highest BCUT2D eigenvalue weighted by Gasteiger charge is 2.40. The highest BCUT2D eigenvalue weighted by Crippen LogP contribution is 2.47. The van der Waals surface area contributed by atoms with Crippen LogP contribution in [0.3, 0.4) is 0 Å². The van der Waals surface area contributed by atoms with Gasteiger partial charge in [-0.2, -0.15) is 0 Å². The molecule has 1 N–H and O–H groups in total. The van der Waals surface area contributed by atoms with E-state index in [0.29, 0.717) is 36.8 Å². The van der Waals surface area contributed by atoms with Crippen molar-refractivity contribution < 1.29 is 33.3 Å². The molecular formula is C39H41N3O7. The summed E-state index contributed by atoms with van der Waals surface area (Å²) in [6.45, 7) is 5.83. The number of fused-ring (bicyclic) bond motifs is 5. The quantitative estimate of drug-likeness (QED) is 0.164. The zero-order valence-electron chi connectivity index (χ0n) is 28.3. The van der Waals surface area contributed by atoms with Crippen molar-refractivity contribution in [2.24, 2.45) is 4.99 Å². The second kappa shape index (κ2) is 13.1. The maximum atomic E-state index is 14.1. The third kappa shape index (κ3) is 6.39. The number of carbonyl (C=O) groups excluding carboxylic acids is 3. The second-order valence-corrected chi connectivity index (χ2v) is 13.6. The Bertz CT molecular complexity index is 1970. The van der Waals surface area contributed by atoms with Crippen molar-refractivity contribution in [1.82, 2.24) is 9.88 Å². The molecule has 1 saturated carbocycles. The molecule has 1 aliphatic carbocycles. The van der Waals surface area contributed by atoms with Gasteiger partial charge in [0.15, 0.2) is 5.54 Å². The average Bonchev–Trinajstić information content (AvgIpc) is 3.48. The number of methoxy groups -OCH3 is 1. The van der Waals surface area contributed by atoms with Crippen LogP contribution in [0.1, 0.15) is 80.3 Å². The maximum absolute atomic E-state index is 14.1. The van der Waals surface area contributed by atoms with E-state index in [1.807, 2.05) is 36.4 Å². The lowest BCUT2D eigenvalue weighted by atomic mass is 9.81. The van der Waals surface area contributed by atoms with Crippen molar-refractivity contribution >= 4 is 34.6 Å². The second-order valence-electron chi connectivity index (χ2n) is 13.6. The summed E-state index contributed by atoms with van der Waals surface area (Å²) in [7, 11) is 1.66. The number of nitrogens with one attached hydrogen (secondary N) is 1. The van der Waals surface area contributed by atoms with E-state index in [4.69, 9.17) is 18.9 Å². The Morgan fingerprint density at radius 1 is 1.02 bits per heavy atom. The first-order valence-corrected chi connectivity index (χ1v) is 17.0. The van der Waals surface area contributed by atoms with E-state index in [-0.39, 0.29) is 11.8 Å². The van der Waals surface area contributed by atoms with E-state index in [2.05, 4.69) is 27.0 Å². The molecule has 3 heterocycles. The summed E-state index contributed by atoms with van der Waals surface area (Å²) in [5.74, 6) is 1.35. The molecule has 7 rings (SSSR count). The Hall–Kier alpha value is -5.12. The van der Waals surface area contributed by atoms with E-state index in [0.717, 1.165) is 52.1 Å². The molecule has 0 radical (unpaired) electrons. The van der Waals surface area contributed by atoms with E-state index in [1.165, 1.54) is 31.7 Å². The average molecular weight is 664 g/mol. The summed E-state index contributed by atoms with van der Waals surface area (Å²) < 4.78 is 24.9. The van der Waals surface area contributed by atoms with Crippen molar-refractivity contribution in [1.29, 1.82) is 0 Å². The van der Waals surface area contributed by atoms with E-state index in [9.17, 15) is 14.4 Å². The van der Waals surface area contributed by atoms with Gasteiger partial charge in [0, 0.05) is 41.4 Å². The number of rotatable bonds is 8. The van der Waals surface area contributed by atoms with Crippen LogP contribution in [0.2, 0.25) is 0 Å². The Morgan fingerprint density at radius 3 is 2.47 bits per heavy atom. The maximum Gasteiger partial charge on any atom is 0.340 e. The molecule has 254 valence electrons. The third-order valence-corrected chi connectivity index (χ3v) is 9.71. The summed E-state index contributed by atoms with van der Waals surface area (Å²) in [6.07, 6.45) is 6.20. The molecule has 1 amide bonds. The van der Waals surface area contributed by atoms with Gasteiger partial charge in [0.25, 0.3) is 5.91 Å². The molecule has 1 aromatic heterocycles. The topological polar surface area (TPSA) is 117 Å². The van der Waals surface area contributed by atoms with Crippen LogP contribution in [0, 0.1) is 0 Å². The number of aromatic nitrogens is 1. The molecule has 2 aliphatic heterocycles. The zero-order valence-corrected chi connectivity index (χ0v) is 28.3. The number of nitrogens with zero attached hydrogens (tertiary/aromatic N) is 2. The van der Waals surface area contributed by atoms with Crippen molar-refractivity contribution in [3.05, 3.63) is 77.4 Å². The Balaban J connectivity index is 1.26. The molecular weight excluding hydrogens is 622 g/mol. The first kappa shape index (κ1) is 32.4. The number of hydrogen-bond acceptors (Lipinski definition) is 8. The molecule has 1 fully saturated rings. The molecule has 0 unspecified atom stereocenters. The van der Waals surface area contributed by atoms with Gasteiger partial charge < -0.3 is 28.8 Å². The minimum Gasteiger partial charge on any atom is -0.497 e. The van der Waals surface area contributed by atoms with Crippen LogP contribution in [0.4, 0.5) is 0 Å². The fraction of sp³-hybridized carbons (Fsp3) is 0.385. The van der Waals surface area contributed by atoms with Crippen molar-refractivity contribution in [3.8, 4) is 28.5 Å². The number of hydrogen-bond donors (Lipinski definition) is 1. The Morgan fingerprint density at radius 2 is 1.78 bits per heavy atom. The molecule has 10 nitrogen and oxygen atoms in total. The summed E-state index contributed by atoms with van der Waals surface area (Å²) in [4.78, 5) is 42.6. The van der Waals surface area contributed by atoms with Gasteiger partial charge in [-0.05, 0) is 80.1 Å². The minimum atomic E-state index is -1.06. The Labute approximate surface area is 285 Å². The molecule has 0 bridgehead atoms. The predicted octanol–water partition coefficient (Wildman–Crippen LogP) is 6.76. The summed E-state index contributed by atoms with van der Waals surface area (Å²) in [5, 5.41) is 4.26. The molecule has 0 saturated heterocycles. The number of cyclic esters (lactones) is 1. The lowest BCUT2D eigenvalue weighted by molar-refractivity contribution is -0.138. The molecule has 4 aromatic rings. The lowest BCUT2D eigenvalue weighted by Crippen LogP contribution is -2.43. The van der Waals surface area contributed by atoms with E-state index in [1.54, 1.807) is 33.1 Å². The molecule has 49 heavy (non-hydrogen) atoms. The van der Waals surface area contributed by atoms with Crippen molar-refractivity contribution in [2.75, 3.05) is 13.7 Å². The first-order valence-electron chi connectivity index (χ1n) is 17.0. The lowest BCUT2D eigenvalue weighted by Gasteiger charge is -2.23. The highest BCUT2D eigenvalue weighted by atomic mass is 16.6. The number of benzene rings is 3. The Kier molecular flexibility index (Phi) is 8.64. The minimum absolute atomic E-state index is 0.161. The third-order valence-electron chi connectivity index (χ3n) is 9.71. The van der Waals surface area contributed by atoms with Crippen molar-refractivity contribution in [2.45, 2.75) is 83.3 Å². The SMILES string of the molecule is COc1ccc2c(c1)OCCn1c-2c(C2CCCCC2)c2ccc(C(=O)N[C@@H](Cc3ccc(OC(C)=O)cc3)C3=NC(C)(C)C(=O)O3)cc21. The largest absolute Gasteiger partial charge is 0.497 e. The number of aliphatic imine (C=N–C) groups is 1. The number of amides is 1. The van der Waals surface area contributed by atoms with Gasteiger partial charge in [0.05, 0.1) is 19.3 Å². The molecule has 3 aliphatic rings. The fourth-order valence-corrected chi connectivity index (χ4v) is 7.29. The zero-order chi connectivity index (χ0) is 34.3. The first-order chi connectivity index (χ1) is 23.6. The van der Waals surface area contributed by atoms with Crippen LogP contribution in [0.5, 0.6) is 17.2 Å². The predicted molar refractivity (Wildman–Crippen MR) is 186 cm³/mol. The van der Waals surface area contributed by atoms with Crippen molar-refractivity contribution in [3.63, 3.8) is 0 Å². The van der Waals surface area contributed by atoms with Gasteiger partial charge in [-0.15, -0.1) is 0 Å². The summed E-state index contributed by atoms with van der Waals surface area (Å²) >= 11 is 0. The monoisotopic (exact) mass is 663 g/mol. The molecule has 3 aromatic carbocycles. The van der Waals surface area contributed by atoms with Crippen LogP contribution in [0.15, 0.2) is 65.7 Å². The van der Waals surface area contributed by atoms with Gasteiger partial charge >= 0.3 is 11.9 Å². The number of esters is 2. The van der Waals surface area contributed by atoms with Gasteiger partial charge in [0.1, 0.15) is 29.9 Å². The van der Waals surface area contributed by atoms with Gasteiger partial charge in [-0.25, -0.2) is 9.79 Å². The van der Waals surface area contributed by atoms with Crippen LogP contribution >= 0.6 is 0 Å². The summed E-state index contributed by atoms with van der Waals surface area (Å²) in [6, 6.07) is 18.2. The fourth-order valence-electron chi connectivity index (χ4n) is 7.29. The molecule has 1 atom stereocenters. The van der Waals surface area contributed by atoms with Gasteiger partial charge in [0.2, 0.25) is 5.90 Å². The van der Waals surface area contributed by atoms with E-state index >= 15 is 0 Å². The standard InChI is InChI=1S/C39H41N3O7/c1-23(43)48-27-13-10-24(11-14-27)20-31(37-41-39(2,3)38(45)49-37)40-36(44)26-12-16-29-32(21-26)42-18-19-47-33-22-28(46-4)15-17-30(33)35(42)34(29)25-8-6-5-7-9-25/h10-17,21-22,25,31H,5-9,18-20H2,1-4H3,(H,40,44)/t31-/m0/s1. The molecule has 10 heteroatoms. The van der Waals surface area contributed by atoms with Gasteiger partial charge in [-0.3, -0.25) is 9.59 Å². The van der Waals surface area contributed by atoms with Crippen LogP contribution < -0.4 is 19.5 Å². The normalized spacial score (nSPS) is 17.6. The molecule has 0 spiro atoms.